The standard InChI is InChI=1S/C23H29FN2O4/c1-28-20-11-5-17(22(29-2)23(20)30-3)6-12-21(27)26-14-4-13-25(15-16-26)19-9-7-18(24)8-10-19/h5,7-11H,4,6,12-16H2,1-3H3. The summed E-state index contributed by atoms with van der Waals surface area (Å²) in [5.74, 6) is 1.61. The SMILES string of the molecule is COc1ccc(CCC(=O)N2CCCN(c3ccc(F)cc3)CC2)c(OC)c1OC. The van der Waals surface area contributed by atoms with E-state index in [1.54, 1.807) is 33.5 Å². The number of hydrogen-bond acceptors (Lipinski definition) is 5. The van der Waals surface area contributed by atoms with Crippen molar-refractivity contribution in [2.24, 2.45) is 0 Å². The van der Waals surface area contributed by atoms with Crippen LogP contribution in [0.15, 0.2) is 36.4 Å². The highest BCUT2D eigenvalue weighted by Gasteiger charge is 2.21. The van der Waals surface area contributed by atoms with Gasteiger partial charge in [-0.05, 0) is 48.7 Å². The van der Waals surface area contributed by atoms with Crippen LogP contribution in [0.3, 0.4) is 0 Å². The molecule has 0 aliphatic carbocycles. The molecule has 0 saturated carbocycles. The predicted octanol–water partition coefficient (Wildman–Crippen LogP) is 3.52. The van der Waals surface area contributed by atoms with E-state index in [0.717, 1.165) is 37.3 Å². The molecule has 0 bridgehead atoms. The Balaban J connectivity index is 1.61. The average molecular weight is 416 g/mol. The van der Waals surface area contributed by atoms with Gasteiger partial charge in [0, 0.05) is 38.3 Å². The number of rotatable bonds is 7. The fourth-order valence-electron chi connectivity index (χ4n) is 3.84. The molecule has 3 rings (SSSR count). The molecule has 0 unspecified atom stereocenters. The number of hydrogen-bond donors (Lipinski definition) is 0. The van der Waals surface area contributed by atoms with Gasteiger partial charge in [-0.25, -0.2) is 4.39 Å². The number of aryl methyl sites for hydroxylation is 1. The zero-order valence-electron chi connectivity index (χ0n) is 17.8. The molecule has 0 aromatic heterocycles. The number of methoxy groups -OCH3 is 3. The van der Waals surface area contributed by atoms with Crippen molar-refractivity contribution in [3.63, 3.8) is 0 Å². The molecule has 1 saturated heterocycles. The molecule has 1 amide bonds. The van der Waals surface area contributed by atoms with Crippen LogP contribution in [0.1, 0.15) is 18.4 Å². The maximum absolute atomic E-state index is 13.2. The van der Waals surface area contributed by atoms with Crippen LogP contribution >= 0.6 is 0 Å². The molecule has 1 aliphatic rings. The van der Waals surface area contributed by atoms with Crippen LogP contribution in [-0.2, 0) is 11.2 Å². The van der Waals surface area contributed by atoms with Crippen molar-refractivity contribution in [2.45, 2.75) is 19.3 Å². The lowest BCUT2D eigenvalue weighted by Gasteiger charge is -2.24. The highest BCUT2D eigenvalue weighted by atomic mass is 19.1. The van der Waals surface area contributed by atoms with Crippen molar-refractivity contribution >= 4 is 11.6 Å². The Morgan fingerprint density at radius 1 is 0.900 bits per heavy atom. The summed E-state index contributed by atoms with van der Waals surface area (Å²) >= 11 is 0. The van der Waals surface area contributed by atoms with E-state index in [2.05, 4.69) is 4.90 Å². The van der Waals surface area contributed by atoms with E-state index in [1.165, 1.54) is 12.1 Å². The number of anilines is 1. The fraction of sp³-hybridized carbons (Fsp3) is 0.435. The molecule has 1 heterocycles. The molecular weight excluding hydrogens is 387 g/mol. The van der Waals surface area contributed by atoms with Crippen molar-refractivity contribution in [3.8, 4) is 17.2 Å². The Labute approximate surface area is 177 Å². The lowest BCUT2D eigenvalue weighted by Crippen LogP contribution is -2.35. The maximum Gasteiger partial charge on any atom is 0.222 e. The Morgan fingerprint density at radius 2 is 1.63 bits per heavy atom. The summed E-state index contributed by atoms with van der Waals surface area (Å²) in [6, 6.07) is 10.3. The smallest absolute Gasteiger partial charge is 0.222 e. The van der Waals surface area contributed by atoms with Crippen molar-refractivity contribution in [3.05, 3.63) is 47.8 Å². The van der Waals surface area contributed by atoms with E-state index in [9.17, 15) is 9.18 Å². The van der Waals surface area contributed by atoms with Gasteiger partial charge in [-0.1, -0.05) is 6.07 Å². The van der Waals surface area contributed by atoms with Gasteiger partial charge in [0.05, 0.1) is 21.3 Å². The van der Waals surface area contributed by atoms with E-state index in [0.29, 0.717) is 36.6 Å². The third-order valence-corrected chi connectivity index (χ3v) is 5.43. The molecule has 0 radical (unpaired) electrons. The number of halogens is 1. The monoisotopic (exact) mass is 416 g/mol. The summed E-state index contributed by atoms with van der Waals surface area (Å²) in [7, 11) is 4.73. The van der Waals surface area contributed by atoms with Crippen molar-refractivity contribution in [1.29, 1.82) is 0 Å². The number of carbonyl (C=O) groups is 1. The molecule has 0 N–H and O–H groups in total. The number of ether oxygens (including phenoxy) is 3. The summed E-state index contributed by atoms with van der Waals surface area (Å²) in [4.78, 5) is 17.0. The van der Waals surface area contributed by atoms with Gasteiger partial charge in [0.2, 0.25) is 11.7 Å². The first-order chi connectivity index (χ1) is 14.6. The van der Waals surface area contributed by atoms with Crippen LogP contribution in [-0.4, -0.2) is 58.3 Å². The Hall–Kier alpha value is -2.96. The van der Waals surface area contributed by atoms with Crippen LogP contribution < -0.4 is 19.1 Å². The second-order valence-corrected chi connectivity index (χ2v) is 7.19. The summed E-state index contributed by atoms with van der Waals surface area (Å²) in [6.45, 7) is 2.95. The van der Waals surface area contributed by atoms with Crippen molar-refractivity contribution in [2.75, 3.05) is 52.4 Å². The summed E-state index contributed by atoms with van der Waals surface area (Å²) in [6.07, 6.45) is 1.83. The van der Waals surface area contributed by atoms with Gasteiger partial charge in [0.15, 0.2) is 11.5 Å². The summed E-state index contributed by atoms with van der Waals surface area (Å²) in [5, 5.41) is 0. The van der Waals surface area contributed by atoms with E-state index < -0.39 is 0 Å². The number of carbonyl (C=O) groups excluding carboxylic acids is 1. The van der Waals surface area contributed by atoms with Gasteiger partial charge >= 0.3 is 0 Å². The zero-order valence-corrected chi connectivity index (χ0v) is 17.8. The minimum absolute atomic E-state index is 0.118. The molecule has 2 aromatic carbocycles. The Morgan fingerprint density at radius 3 is 2.30 bits per heavy atom. The minimum atomic E-state index is -0.240. The van der Waals surface area contributed by atoms with E-state index >= 15 is 0 Å². The van der Waals surface area contributed by atoms with Gasteiger partial charge in [0.1, 0.15) is 5.82 Å². The van der Waals surface area contributed by atoms with Crippen LogP contribution in [0.4, 0.5) is 10.1 Å². The molecule has 0 atom stereocenters. The molecule has 0 spiro atoms. The Bertz CT molecular complexity index is 857. The topological polar surface area (TPSA) is 51.2 Å². The van der Waals surface area contributed by atoms with Gasteiger partial charge in [-0.2, -0.15) is 0 Å². The molecule has 30 heavy (non-hydrogen) atoms. The fourth-order valence-corrected chi connectivity index (χ4v) is 3.84. The molecular formula is C23H29FN2O4. The number of amides is 1. The average Bonchev–Trinajstić information content (AvgIpc) is 3.03. The van der Waals surface area contributed by atoms with E-state index in [1.807, 2.05) is 17.0 Å². The van der Waals surface area contributed by atoms with Crippen LogP contribution in [0.2, 0.25) is 0 Å². The zero-order chi connectivity index (χ0) is 21.5. The van der Waals surface area contributed by atoms with Gasteiger partial charge in [-0.3, -0.25) is 4.79 Å². The van der Waals surface area contributed by atoms with E-state index in [4.69, 9.17) is 14.2 Å². The second-order valence-electron chi connectivity index (χ2n) is 7.19. The van der Waals surface area contributed by atoms with Crippen molar-refractivity contribution in [1.82, 2.24) is 4.90 Å². The molecule has 2 aromatic rings. The summed E-state index contributed by atoms with van der Waals surface area (Å²) < 4.78 is 29.4. The molecule has 1 fully saturated rings. The quantitative estimate of drug-likeness (QED) is 0.691. The highest BCUT2D eigenvalue weighted by Crippen LogP contribution is 2.40. The number of benzene rings is 2. The van der Waals surface area contributed by atoms with Crippen LogP contribution in [0.25, 0.3) is 0 Å². The lowest BCUT2D eigenvalue weighted by atomic mass is 10.1. The van der Waals surface area contributed by atoms with Gasteiger partial charge in [-0.15, -0.1) is 0 Å². The molecule has 6 nitrogen and oxygen atoms in total. The summed E-state index contributed by atoms with van der Waals surface area (Å²) in [5.41, 5.74) is 1.90. The largest absolute Gasteiger partial charge is 0.493 e. The first kappa shape index (κ1) is 21.7. The molecule has 162 valence electrons. The Kier molecular flexibility index (Phi) is 7.38. The van der Waals surface area contributed by atoms with Crippen LogP contribution in [0.5, 0.6) is 17.2 Å². The van der Waals surface area contributed by atoms with E-state index in [-0.39, 0.29) is 11.7 Å². The highest BCUT2D eigenvalue weighted by molar-refractivity contribution is 5.77. The van der Waals surface area contributed by atoms with Gasteiger partial charge in [0.25, 0.3) is 0 Å². The third kappa shape index (κ3) is 4.96. The first-order valence-corrected chi connectivity index (χ1v) is 10.1. The van der Waals surface area contributed by atoms with Crippen LogP contribution in [0, 0.1) is 5.82 Å². The number of nitrogens with zero attached hydrogens (tertiary/aromatic N) is 2. The van der Waals surface area contributed by atoms with Gasteiger partial charge < -0.3 is 24.0 Å². The maximum atomic E-state index is 13.2. The molecule has 7 heteroatoms. The molecule has 1 aliphatic heterocycles. The third-order valence-electron chi connectivity index (χ3n) is 5.43. The second kappa shape index (κ2) is 10.2. The lowest BCUT2D eigenvalue weighted by molar-refractivity contribution is -0.130. The predicted molar refractivity (Wildman–Crippen MR) is 114 cm³/mol. The first-order valence-electron chi connectivity index (χ1n) is 10.1. The van der Waals surface area contributed by atoms with Crippen molar-refractivity contribution < 1.29 is 23.4 Å². The normalized spacial score (nSPS) is 14.3. The minimum Gasteiger partial charge on any atom is -0.493 e.